The third-order valence-corrected chi connectivity index (χ3v) is 4.61. The van der Waals surface area contributed by atoms with E-state index < -0.39 is 5.60 Å². The highest BCUT2D eigenvalue weighted by molar-refractivity contribution is 5.87. The first-order valence-corrected chi connectivity index (χ1v) is 8.71. The van der Waals surface area contributed by atoms with Crippen LogP contribution in [0.4, 0.5) is 0 Å². The van der Waals surface area contributed by atoms with Gasteiger partial charge in [0.05, 0.1) is 13.1 Å². The fraction of sp³-hybridized carbons (Fsp3) is 0.550. The smallest absolute Gasteiger partial charge is 0.257 e. The normalized spacial score (nSPS) is 17.0. The summed E-state index contributed by atoms with van der Waals surface area (Å²) in [4.78, 5) is 14.8. The highest BCUT2D eigenvalue weighted by Gasteiger charge is 2.45. The van der Waals surface area contributed by atoms with Crippen LogP contribution in [0.25, 0.3) is 0 Å². The monoisotopic (exact) mass is 364 g/mol. The lowest BCUT2D eigenvalue weighted by Gasteiger charge is -2.37. The van der Waals surface area contributed by atoms with Gasteiger partial charge in [-0.05, 0) is 32.5 Å². The van der Waals surface area contributed by atoms with Crippen LogP contribution in [0.2, 0.25) is 0 Å². The predicted molar refractivity (Wildman–Crippen MR) is 104 cm³/mol. The van der Waals surface area contributed by atoms with E-state index in [1.807, 2.05) is 49.3 Å². The molecule has 1 amide bonds. The SMILES string of the molecule is CN(C)CC#CCNC(=O)C(O)(c1ccccc1)C1CCCCC1.Cl. The second kappa shape index (κ2) is 10.5. The van der Waals surface area contributed by atoms with Crippen LogP contribution in [0.3, 0.4) is 0 Å². The van der Waals surface area contributed by atoms with Crippen LogP contribution in [-0.2, 0) is 10.4 Å². The molecule has 1 fully saturated rings. The Kier molecular flexibility index (Phi) is 8.99. The van der Waals surface area contributed by atoms with Crippen LogP contribution in [0.1, 0.15) is 37.7 Å². The summed E-state index contributed by atoms with van der Waals surface area (Å²) in [5.41, 5.74) is -0.791. The lowest BCUT2D eigenvalue weighted by molar-refractivity contribution is -0.149. The van der Waals surface area contributed by atoms with Crippen LogP contribution in [-0.4, -0.2) is 43.1 Å². The Morgan fingerprint density at radius 3 is 2.44 bits per heavy atom. The number of nitrogens with zero attached hydrogens (tertiary/aromatic N) is 1. The number of carbonyl (C=O) groups excluding carboxylic acids is 1. The average Bonchev–Trinajstić information content (AvgIpc) is 2.61. The molecule has 1 aromatic carbocycles. The molecule has 0 spiro atoms. The Bertz CT molecular complexity index is 589. The minimum absolute atomic E-state index is 0. The highest BCUT2D eigenvalue weighted by atomic mass is 35.5. The molecule has 2 rings (SSSR count). The van der Waals surface area contributed by atoms with Crippen molar-refractivity contribution in [2.45, 2.75) is 37.7 Å². The molecule has 0 aliphatic heterocycles. The molecular formula is C20H29ClN2O2. The number of amides is 1. The zero-order valence-electron chi connectivity index (χ0n) is 15.1. The second-order valence-electron chi connectivity index (χ2n) is 6.74. The van der Waals surface area contributed by atoms with Gasteiger partial charge in [-0.2, -0.15) is 0 Å². The number of hydrogen-bond donors (Lipinski definition) is 2. The van der Waals surface area contributed by atoms with Crippen molar-refractivity contribution in [1.29, 1.82) is 0 Å². The largest absolute Gasteiger partial charge is 0.375 e. The zero-order valence-corrected chi connectivity index (χ0v) is 15.9. The van der Waals surface area contributed by atoms with Crippen molar-refractivity contribution in [1.82, 2.24) is 10.2 Å². The van der Waals surface area contributed by atoms with Gasteiger partial charge in [-0.25, -0.2) is 0 Å². The number of carbonyl (C=O) groups is 1. The first-order chi connectivity index (χ1) is 11.5. The van der Waals surface area contributed by atoms with Gasteiger partial charge in [0.25, 0.3) is 5.91 Å². The van der Waals surface area contributed by atoms with E-state index in [9.17, 15) is 9.90 Å². The summed E-state index contributed by atoms with van der Waals surface area (Å²) in [6, 6.07) is 9.31. The van der Waals surface area contributed by atoms with Crippen molar-refractivity contribution in [2.75, 3.05) is 27.2 Å². The Balaban J connectivity index is 0.00000312. The predicted octanol–water partition coefficient (Wildman–Crippen LogP) is 2.56. The van der Waals surface area contributed by atoms with Crippen molar-refractivity contribution in [2.24, 2.45) is 5.92 Å². The lowest BCUT2D eigenvalue weighted by atomic mass is 9.73. The van der Waals surface area contributed by atoms with Gasteiger partial charge in [-0.1, -0.05) is 61.4 Å². The van der Waals surface area contributed by atoms with Crippen molar-refractivity contribution in [3.05, 3.63) is 35.9 Å². The van der Waals surface area contributed by atoms with Crippen LogP contribution >= 0.6 is 12.4 Å². The van der Waals surface area contributed by atoms with E-state index in [-0.39, 0.29) is 30.8 Å². The Morgan fingerprint density at radius 2 is 1.84 bits per heavy atom. The molecule has 25 heavy (non-hydrogen) atoms. The molecule has 1 saturated carbocycles. The van der Waals surface area contributed by atoms with E-state index in [1.54, 1.807) is 0 Å². The number of halogens is 1. The summed E-state index contributed by atoms with van der Waals surface area (Å²) in [5.74, 6) is 5.56. The summed E-state index contributed by atoms with van der Waals surface area (Å²) in [5, 5.41) is 14.2. The Labute approximate surface area is 157 Å². The van der Waals surface area contributed by atoms with E-state index in [2.05, 4.69) is 17.2 Å². The molecule has 1 aliphatic carbocycles. The highest BCUT2D eigenvalue weighted by Crippen LogP contribution is 2.39. The van der Waals surface area contributed by atoms with Crippen molar-refractivity contribution >= 4 is 18.3 Å². The zero-order chi connectivity index (χ0) is 17.4. The summed E-state index contributed by atoms with van der Waals surface area (Å²) in [6.45, 7) is 0.913. The van der Waals surface area contributed by atoms with Crippen LogP contribution in [0.15, 0.2) is 30.3 Å². The molecule has 0 aromatic heterocycles. The van der Waals surface area contributed by atoms with Gasteiger partial charge in [-0.15, -0.1) is 12.4 Å². The number of aliphatic hydroxyl groups is 1. The number of nitrogens with one attached hydrogen (secondary N) is 1. The maximum absolute atomic E-state index is 12.8. The van der Waals surface area contributed by atoms with Crippen molar-refractivity contribution in [3.8, 4) is 11.8 Å². The first kappa shape index (κ1) is 21.5. The minimum atomic E-state index is -1.47. The molecule has 0 bridgehead atoms. The average molecular weight is 365 g/mol. The van der Waals surface area contributed by atoms with E-state index in [0.717, 1.165) is 25.7 Å². The van der Waals surface area contributed by atoms with Crippen molar-refractivity contribution < 1.29 is 9.90 Å². The van der Waals surface area contributed by atoms with Gasteiger partial charge < -0.3 is 10.4 Å². The fourth-order valence-corrected chi connectivity index (χ4v) is 3.30. The molecule has 1 unspecified atom stereocenters. The van der Waals surface area contributed by atoms with Crippen molar-refractivity contribution in [3.63, 3.8) is 0 Å². The van der Waals surface area contributed by atoms with Crippen LogP contribution < -0.4 is 5.32 Å². The molecular weight excluding hydrogens is 336 g/mol. The quantitative estimate of drug-likeness (QED) is 0.789. The molecule has 0 saturated heterocycles. The van der Waals surface area contributed by atoms with Gasteiger partial charge in [-0.3, -0.25) is 9.69 Å². The Hall–Kier alpha value is -1.54. The maximum Gasteiger partial charge on any atom is 0.257 e. The van der Waals surface area contributed by atoms with Gasteiger partial charge in [0.1, 0.15) is 0 Å². The molecule has 1 aromatic rings. The molecule has 5 heteroatoms. The number of benzene rings is 1. The number of hydrogen-bond acceptors (Lipinski definition) is 3. The molecule has 0 radical (unpaired) electrons. The summed E-state index contributed by atoms with van der Waals surface area (Å²) < 4.78 is 0. The van der Waals surface area contributed by atoms with Gasteiger partial charge in [0, 0.05) is 5.92 Å². The second-order valence-corrected chi connectivity index (χ2v) is 6.74. The maximum atomic E-state index is 12.8. The molecule has 1 aliphatic rings. The molecule has 1 atom stereocenters. The van der Waals surface area contributed by atoms with Crippen LogP contribution in [0.5, 0.6) is 0 Å². The Morgan fingerprint density at radius 1 is 1.20 bits per heavy atom. The minimum Gasteiger partial charge on any atom is -0.375 e. The third kappa shape index (κ3) is 5.74. The molecule has 138 valence electrons. The lowest BCUT2D eigenvalue weighted by Crippen LogP contribution is -2.50. The molecule has 2 N–H and O–H groups in total. The summed E-state index contributed by atoms with van der Waals surface area (Å²) in [6.07, 6.45) is 5.07. The first-order valence-electron chi connectivity index (χ1n) is 8.71. The summed E-state index contributed by atoms with van der Waals surface area (Å²) >= 11 is 0. The molecule has 0 heterocycles. The van der Waals surface area contributed by atoms with E-state index in [1.165, 1.54) is 6.42 Å². The van der Waals surface area contributed by atoms with Gasteiger partial charge in [0.15, 0.2) is 5.60 Å². The van der Waals surface area contributed by atoms with Gasteiger partial charge in [0.2, 0.25) is 0 Å². The van der Waals surface area contributed by atoms with E-state index in [4.69, 9.17) is 0 Å². The third-order valence-electron chi connectivity index (χ3n) is 4.61. The standard InChI is InChI=1S/C20H28N2O2.ClH/c1-22(2)16-10-9-15-21-19(23)20(24,17-11-5-3-6-12-17)18-13-7-4-8-14-18;/h3,5-6,11-12,18,24H,4,7-8,13-16H2,1-2H3,(H,21,23);1H. The van der Waals surface area contributed by atoms with Gasteiger partial charge >= 0.3 is 0 Å². The van der Waals surface area contributed by atoms with E-state index in [0.29, 0.717) is 12.1 Å². The van der Waals surface area contributed by atoms with Crippen LogP contribution in [0, 0.1) is 17.8 Å². The summed E-state index contributed by atoms with van der Waals surface area (Å²) in [7, 11) is 3.90. The van der Waals surface area contributed by atoms with E-state index >= 15 is 0 Å². The number of rotatable bonds is 5. The fourth-order valence-electron chi connectivity index (χ4n) is 3.30. The topological polar surface area (TPSA) is 52.6 Å². The molecule has 4 nitrogen and oxygen atoms in total.